The fraction of sp³-hybridized carbons (Fsp3) is 0.897. The average molecular weight is 703 g/mol. The van der Waals surface area contributed by atoms with Crippen molar-refractivity contribution in [3.8, 4) is 0 Å². The first-order valence-corrected chi connectivity index (χ1v) is 21.4. The van der Waals surface area contributed by atoms with Gasteiger partial charge in [-0.15, -0.1) is 0 Å². The van der Waals surface area contributed by atoms with E-state index in [1.165, 1.54) is 135 Å². The lowest BCUT2D eigenvalue weighted by Crippen LogP contribution is -2.29. The summed E-state index contributed by atoms with van der Waals surface area (Å²) < 4.78 is 31.9. The molecule has 0 saturated carbocycles. The summed E-state index contributed by atoms with van der Waals surface area (Å²) in [4.78, 5) is 34.3. The summed E-state index contributed by atoms with van der Waals surface area (Å²) in [5, 5.41) is 0. The highest BCUT2D eigenvalue weighted by atomic mass is 31.2. The molecule has 0 rings (SSSR count). The summed E-state index contributed by atoms with van der Waals surface area (Å²) >= 11 is 0. The SMILES string of the molecule is CCCCCCCC/C=C\CCCCCCCCCCCC(=O)OC(COC(=O)CCCCCCCCCCCC)COP(=O)(O)OC. The van der Waals surface area contributed by atoms with E-state index in [9.17, 15) is 19.0 Å². The molecule has 8 nitrogen and oxygen atoms in total. The second kappa shape index (κ2) is 35.6. The maximum Gasteiger partial charge on any atom is 0.472 e. The maximum absolute atomic E-state index is 12.5. The lowest BCUT2D eigenvalue weighted by molar-refractivity contribution is -0.161. The van der Waals surface area contributed by atoms with Crippen LogP contribution in [0.4, 0.5) is 0 Å². The van der Waals surface area contributed by atoms with E-state index >= 15 is 0 Å². The Bertz CT molecular complexity index is 803. The van der Waals surface area contributed by atoms with Crippen molar-refractivity contribution >= 4 is 19.8 Å². The van der Waals surface area contributed by atoms with Crippen LogP contribution in [0.25, 0.3) is 0 Å². The highest BCUT2D eigenvalue weighted by Crippen LogP contribution is 2.42. The van der Waals surface area contributed by atoms with Crippen molar-refractivity contribution in [2.45, 2.75) is 206 Å². The van der Waals surface area contributed by atoms with Crippen LogP contribution in [-0.2, 0) is 32.7 Å². The highest BCUT2D eigenvalue weighted by Gasteiger charge is 2.24. The number of unbranched alkanes of at least 4 members (excludes halogenated alkanes) is 24. The summed E-state index contributed by atoms with van der Waals surface area (Å²) in [6, 6.07) is 0. The first kappa shape index (κ1) is 46.8. The molecule has 0 heterocycles. The van der Waals surface area contributed by atoms with Crippen molar-refractivity contribution in [2.24, 2.45) is 0 Å². The second-order valence-electron chi connectivity index (χ2n) is 13.4. The Morgan fingerprint density at radius 1 is 0.562 bits per heavy atom. The number of allylic oxidation sites excluding steroid dienone is 2. The van der Waals surface area contributed by atoms with Gasteiger partial charge in [0.2, 0.25) is 0 Å². The van der Waals surface area contributed by atoms with Crippen LogP contribution in [0.15, 0.2) is 12.2 Å². The van der Waals surface area contributed by atoms with Crippen LogP contribution in [0.1, 0.15) is 200 Å². The zero-order valence-corrected chi connectivity index (χ0v) is 32.3. The molecule has 0 radical (unpaired) electrons. The van der Waals surface area contributed by atoms with Gasteiger partial charge in [-0.1, -0.05) is 161 Å². The Balaban J connectivity index is 3.97. The Kier molecular flexibility index (Phi) is 34.7. The fourth-order valence-corrected chi connectivity index (χ4v) is 6.11. The van der Waals surface area contributed by atoms with E-state index in [1.54, 1.807) is 0 Å². The molecule has 0 aromatic heterocycles. The molecule has 284 valence electrons. The minimum Gasteiger partial charge on any atom is -0.462 e. The Morgan fingerprint density at radius 2 is 0.938 bits per heavy atom. The van der Waals surface area contributed by atoms with E-state index in [0.29, 0.717) is 12.8 Å². The van der Waals surface area contributed by atoms with Crippen LogP contribution in [0, 0.1) is 0 Å². The standard InChI is InChI=1S/C39H75O8P/c1-4-6-8-10-12-14-16-17-18-19-20-21-22-23-24-26-28-30-32-34-39(41)47-37(36-46-48(42,43)44-3)35-45-38(40)33-31-29-27-25-15-13-11-9-7-5-2/h17-18,37H,4-16,19-36H2,1-3H3,(H,42,43)/b18-17-. The zero-order valence-electron chi connectivity index (χ0n) is 31.4. The van der Waals surface area contributed by atoms with Crippen molar-refractivity contribution in [3.63, 3.8) is 0 Å². The molecular formula is C39H75O8P. The number of hydrogen-bond acceptors (Lipinski definition) is 7. The van der Waals surface area contributed by atoms with Gasteiger partial charge in [0, 0.05) is 20.0 Å². The summed E-state index contributed by atoms with van der Waals surface area (Å²) in [6.45, 7) is 3.87. The number of hydrogen-bond donors (Lipinski definition) is 1. The third-order valence-corrected chi connectivity index (χ3v) is 9.70. The summed E-state index contributed by atoms with van der Waals surface area (Å²) in [7, 11) is -3.19. The van der Waals surface area contributed by atoms with Crippen molar-refractivity contribution in [3.05, 3.63) is 12.2 Å². The minimum atomic E-state index is -4.25. The number of carbonyl (C=O) groups excluding carboxylic acids is 2. The predicted octanol–water partition coefficient (Wildman–Crippen LogP) is 12.1. The minimum absolute atomic E-state index is 0.221. The van der Waals surface area contributed by atoms with E-state index < -0.39 is 26.5 Å². The number of carbonyl (C=O) groups is 2. The van der Waals surface area contributed by atoms with Crippen LogP contribution >= 0.6 is 7.82 Å². The summed E-state index contributed by atoms with van der Waals surface area (Å²) in [5.41, 5.74) is 0. The van der Waals surface area contributed by atoms with Crippen LogP contribution in [0.2, 0.25) is 0 Å². The molecule has 0 saturated heterocycles. The van der Waals surface area contributed by atoms with Crippen LogP contribution in [0.5, 0.6) is 0 Å². The topological polar surface area (TPSA) is 108 Å². The van der Waals surface area contributed by atoms with E-state index in [1.807, 2.05) is 0 Å². The monoisotopic (exact) mass is 703 g/mol. The molecule has 2 atom stereocenters. The van der Waals surface area contributed by atoms with Crippen molar-refractivity contribution in [2.75, 3.05) is 20.3 Å². The van der Waals surface area contributed by atoms with Gasteiger partial charge < -0.3 is 14.4 Å². The van der Waals surface area contributed by atoms with Gasteiger partial charge in [0.1, 0.15) is 6.61 Å². The molecule has 48 heavy (non-hydrogen) atoms. The quantitative estimate of drug-likeness (QED) is 0.0295. The van der Waals surface area contributed by atoms with Gasteiger partial charge in [0.15, 0.2) is 6.10 Å². The molecule has 2 unspecified atom stereocenters. The molecule has 0 aliphatic rings. The number of ether oxygens (including phenoxy) is 2. The molecule has 0 aliphatic heterocycles. The third-order valence-electron chi connectivity index (χ3n) is 8.76. The van der Waals surface area contributed by atoms with Gasteiger partial charge in [0.25, 0.3) is 0 Å². The van der Waals surface area contributed by atoms with Gasteiger partial charge in [-0.05, 0) is 38.5 Å². The van der Waals surface area contributed by atoms with Crippen molar-refractivity contribution in [1.29, 1.82) is 0 Å². The molecular weight excluding hydrogens is 627 g/mol. The van der Waals surface area contributed by atoms with Crippen LogP contribution < -0.4 is 0 Å². The van der Waals surface area contributed by atoms with Crippen LogP contribution in [-0.4, -0.2) is 43.3 Å². The van der Waals surface area contributed by atoms with Crippen molar-refractivity contribution in [1.82, 2.24) is 0 Å². The molecule has 0 bridgehead atoms. The Labute approximate surface area is 295 Å². The largest absolute Gasteiger partial charge is 0.472 e. The molecule has 0 aromatic rings. The predicted molar refractivity (Wildman–Crippen MR) is 198 cm³/mol. The lowest BCUT2D eigenvalue weighted by Gasteiger charge is -2.19. The second-order valence-corrected chi connectivity index (χ2v) is 15.0. The van der Waals surface area contributed by atoms with Gasteiger partial charge in [-0.3, -0.25) is 18.6 Å². The van der Waals surface area contributed by atoms with Gasteiger partial charge in [-0.2, -0.15) is 0 Å². The number of rotatable bonds is 37. The number of esters is 2. The van der Waals surface area contributed by atoms with Crippen LogP contribution in [0.3, 0.4) is 0 Å². The van der Waals surface area contributed by atoms with Gasteiger partial charge in [0.05, 0.1) is 6.61 Å². The molecule has 0 amide bonds. The first-order valence-electron chi connectivity index (χ1n) is 19.9. The molecule has 0 spiro atoms. The average Bonchev–Trinajstić information content (AvgIpc) is 3.07. The summed E-state index contributed by atoms with van der Waals surface area (Å²) in [6.07, 6.45) is 36.9. The van der Waals surface area contributed by atoms with Gasteiger partial charge in [-0.25, -0.2) is 4.57 Å². The van der Waals surface area contributed by atoms with Crippen molar-refractivity contribution < 1.29 is 37.6 Å². The van der Waals surface area contributed by atoms with E-state index in [0.717, 1.165) is 39.2 Å². The zero-order chi connectivity index (χ0) is 35.4. The smallest absolute Gasteiger partial charge is 0.462 e. The maximum atomic E-state index is 12.5. The normalized spacial score (nSPS) is 13.5. The molecule has 0 fully saturated rings. The van der Waals surface area contributed by atoms with E-state index in [2.05, 4.69) is 30.5 Å². The Morgan fingerprint density at radius 3 is 1.35 bits per heavy atom. The highest BCUT2D eigenvalue weighted by molar-refractivity contribution is 7.47. The van der Waals surface area contributed by atoms with E-state index in [4.69, 9.17) is 14.0 Å². The fourth-order valence-electron chi connectivity index (χ4n) is 5.65. The van der Waals surface area contributed by atoms with Gasteiger partial charge >= 0.3 is 19.8 Å². The Hall–Kier alpha value is -1.21. The molecule has 9 heteroatoms. The third kappa shape index (κ3) is 34.6. The molecule has 1 N–H and O–H groups in total. The number of phosphoric ester groups is 1. The van der Waals surface area contributed by atoms with E-state index in [-0.39, 0.29) is 19.0 Å². The lowest BCUT2D eigenvalue weighted by atomic mass is 10.1. The molecule has 0 aromatic carbocycles. The molecule has 0 aliphatic carbocycles. The number of phosphoric acid groups is 1. The summed E-state index contributed by atoms with van der Waals surface area (Å²) in [5.74, 6) is -0.800. The first-order chi connectivity index (χ1) is 23.3.